The molecule has 6 heteroatoms. The topological polar surface area (TPSA) is 63.7 Å². The summed E-state index contributed by atoms with van der Waals surface area (Å²) in [6, 6.07) is 5.20. The molecule has 0 spiro atoms. The van der Waals surface area contributed by atoms with Gasteiger partial charge in [-0.3, -0.25) is 9.59 Å². The number of amides is 2. The average Bonchev–Trinajstić information content (AvgIpc) is 2.60. The summed E-state index contributed by atoms with van der Waals surface area (Å²) in [4.78, 5) is 39.3. The lowest BCUT2D eigenvalue weighted by atomic mass is 10.1. The van der Waals surface area contributed by atoms with Crippen molar-refractivity contribution in [3.05, 3.63) is 32.9 Å². The van der Waals surface area contributed by atoms with E-state index in [0.29, 0.717) is 10.6 Å². The van der Waals surface area contributed by atoms with Crippen LogP contribution in [0.4, 0.5) is 0 Å². The molecule has 0 atom stereocenters. The van der Waals surface area contributed by atoms with Crippen LogP contribution in [0.2, 0.25) is 0 Å². The van der Waals surface area contributed by atoms with Crippen molar-refractivity contribution in [2.45, 2.75) is 19.8 Å². The van der Waals surface area contributed by atoms with E-state index in [1.807, 2.05) is 6.07 Å². The quantitative estimate of drug-likeness (QED) is 0.597. The van der Waals surface area contributed by atoms with E-state index in [9.17, 15) is 14.4 Å². The fraction of sp³-hybridized carbons (Fsp3) is 0.250. The first kappa shape index (κ1) is 13.0. The zero-order valence-corrected chi connectivity index (χ0v) is 11.8. The highest BCUT2D eigenvalue weighted by Crippen LogP contribution is 2.17. The van der Waals surface area contributed by atoms with Crippen molar-refractivity contribution in [1.29, 1.82) is 0 Å². The molecule has 0 unspecified atom stereocenters. The van der Waals surface area contributed by atoms with Gasteiger partial charge in [0.2, 0.25) is 0 Å². The van der Waals surface area contributed by atoms with Crippen LogP contribution in [0.25, 0.3) is 0 Å². The first-order valence-corrected chi connectivity index (χ1v) is 6.41. The van der Waals surface area contributed by atoms with Crippen LogP contribution in [-0.4, -0.2) is 22.8 Å². The van der Waals surface area contributed by atoms with Gasteiger partial charge in [0.1, 0.15) is 0 Å². The standard InChI is InChI=1S/C12H10INO4/c1-7-6-8(13)2-3-9(7)12(17)18-14-10(15)4-5-11(14)16/h2-3,6H,4-5H2,1H3. The smallest absolute Gasteiger partial charge is 0.325 e. The molecule has 0 N–H and O–H groups in total. The molecule has 1 aliphatic heterocycles. The monoisotopic (exact) mass is 359 g/mol. The second kappa shape index (κ2) is 5.05. The maximum atomic E-state index is 11.9. The second-order valence-corrected chi connectivity index (χ2v) is 5.17. The summed E-state index contributed by atoms with van der Waals surface area (Å²) in [7, 11) is 0. The third kappa shape index (κ3) is 2.53. The Labute approximate surface area is 117 Å². The molecule has 1 aliphatic rings. The first-order chi connectivity index (χ1) is 8.49. The summed E-state index contributed by atoms with van der Waals surface area (Å²) < 4.78 is 0.995. The molecule has 0 bridgehead atoms. The number of aryl methyl sites for hydroxylation is 1. The lowest BCUT2D eigenvalue weighted by Gasteiger charge is -2.13. The Kier molecular flexibility index (Phi) is 3.65. The molecule has 1 aromatic carbocycles. The summed E-state index contributed by atoms with van der Waals surface area (Å²) in [5, 5.41) is 0.555. The number of hydrogen-bond acceptors (Lipinski definition) is 4. The Morgan fingerprint density at radius 3 is 2.44 bits per heavy atom. The van der Waals surface area contributed by atoms with Gasteiger partial charge in [-0.2, -0.15) is 0 Å². The molecule has 18 heavy (non-hydrogen) atoms. The fourth-order valence-corrected chi connectivity index (χ4v) is 2.29. The zero-order chi connectivity index (χ0) is 13.3. The molecule has 2 rings (SSSR count). The van der Waals surface area contributed by atoms with E-state index in [1.54, 1.807) is 19.1 Å². The van der Waals surface area contributed by atoms with Crippen molar-refractivity contribution in [2.75, 3.05) is 0 Å². The van der Waals surface area contributed by atoms with E-state index in [-0.39, 0.29) is 12.8 Å². The molecule has 0 radical (unpaired) electrons. The van der Waals surface area contributed by atoms with E-state index in [2.05, 4.69) is 22.6 Å². The molecule has 0 aromatic heterocycles. The number of rotatable bonds is 2. The molecule has 1 saturated heterocycles. The average molecular weight is 359 g/mol. The molecular formula is C12H10INO4. The van der Waals surface area contributed by atoms with Crippen molar-refractivity contribution in [2.24, 2.45) is 0 Å². The Hall–Kier alpha value is -1.44. The summed E-state index contributed by atoms with van der Waals surface area (Å²) in [5.74, 6) is -1.64. The Morgan fingerprint density at radius 1 is 1.28 bits per heavy atom. The van der Waals surface area contributed by atoms with Crippen LogP contribution in [0.5, 0.6) is 0 Å². The van der Waals surface area contributed by atoms with Gasteiger partial charge in [-0.05, 0) is 53.3 Å². The van der Waals surface area contributed by atoms with Crippen LogP contribution >= 0.6 is 22.6 Å². The number of hydroxylamine groups is 2. The summed E-state index contributed by atoms with van der Waals surface area (Å²) in [6.45, 7) is 1.77. The van der Waals surface area contributed by atoms with Crippen LogP contribution in [0.3, 0.4) is 0 Å². The van der Waals surface area contributed by atoms with Crippen LogP contribution in [0.1, 0.15) is 28.8 Å². The van der Waals surface area contributed by atoms with Gasteiger partial charge in [-0.25, -0.2) is 4.79 Å². The summed E-state index contributed by atoms with van der Waals surface area (Å²) in [5.41, 5.74) is 1.09. The van der Waals surface area contributed by atoms with Gasteiger partial charge in [0.05, 0.1) is 5.56 Å². The normalized spacial score (nSPS) is 15.1. The minimum absolute atomic E-state index is 0.0950. The van der Waals surface area contributed by atoms with Crippen molar-refractivity contribution < 1.29 is 19.2 Å². The number of nitrogens with zero attached hydrogens (tertiary/aromatic N) is 1. The number of carbonyl (C=O) groups excluding carboxylic acids is 3. The van der Waals surface area contributed by atoms with Crippen LogP contribution < -0.4 is 0 Å². The molecule has 0 aliphatic carbocycles. The maximum Gasteiger partial charge on any atom is 0.364 e. The van der Waals surface area contributed by atoms with Gasteiger partial charge in [0, 0.05) is 16.4 Å². The maximum absolute atomic E-state index is 11.9. The summed E-state index contributed by atoms with van der Waals surface area (Å²) in [6.07, 6.45) is 0.190. The molecule has 5 nitrogen and oxygen atoms in total. The molecular weight excluding hydrogens is 349 g/mol. The lowest BCUT2D eigenvalue weighted by molar-refractivity contribution is -0.172. The second-order valence-electron chi connectivity index (χ2n) is 3.92. The van der Waals surface area contributed by atoms with Crippen molar-refractivity contribution in [1.82, 2.24) is 5.06 Å². The van der Waals surface area contributed by atoms with Crippen molar-refractivity contribution >= 4 is 40.4 Å². The highest BCUT2D eigenvalue weighted by atomic mass is 127. The molecule has 0 saturated carbocycles. The number of halogens is 1. The van der Waals surface area contributed by atoms with Gasteiger partial charge < -0.3 is 4.84 Å². The molecule has 1 fully saturated rings. The number of benzene rings is 1. The minimum atomic E-state index is -0.687. The zero-order valence-electron chi connectivity index (χ0n) is 9.60. The van der Waals surface area contributed by atoms with Gasteiger partial charge >= 0.3 is 5.97 Å². The van der Waals surface area contributed by atoms with Crippen molar-refractivity contribution in [3.8, 4) is 0 Å². The highest BCUT2D eigenvalue weighted by molar-refractivity contribution is 14.1. The number of hydrogen-bond donors (Lipinski definition) is 0. The number of carbonyl (C=O) groups is 3. The van der Waals surface area contributed by atoms with Crippen LogP contribution in [0, 0.1) is 10.5 Å². The molecule has 94 valence electrons. The molecule has 1 aromatic rings. The predicted octanol–water partition coefficient (Wildman–Crippen LogP) is 1.82. The van der Waals surface area contributed by atoms with E-state index < -0.39 is 17.8 Å². The van der Waals surface area contributed by atoms with Gasteiger partial charge in [0.15, 0.2) is 0 Å². The van der Waals surface area contributed by atoms with E-state index in [1.165, 1.54) is 0 Å². The van der Waals surface area contributed by atoms with Crippen molar-refractivity contribution in [3.63, 3.8) is 0 Å². The largest absolute Gasteiger partial charge is 0.364 e. The SMILES string of the molecule is Cc1cc(I)ccc1C(=O)ON1C(=O)CCC1=O. The summed E-state index contributed by atoms with van der Waals surface area (Å²) >= 11 is 2.13. The predicted molar refractivity (Wildman–Crippen MR) is 70.4 cm³/mol. The third-order valence-electron chi connectivity index (χ3n) is 2.59. The van der Waals surface area contributed by atoms with E-state index >= 15 is 0 Å². The Morgan fingerprint density at radius 2 is 1.89 bits per heavy atom. The fourth-order valence-electron chi connectivity index (χ4n) is 1.65. The minimum Gasteiger partial charge on any atom is -0.325 e. The Balaban J connectivity index is 2.17. The number of imide groups is 1. The first-order valence-electron chi connectivity index (χ1n) is 5.33. The molecule has 2 amide bonds. The van der Waals surface area contributed by atoms with Crippen LogP contribution in [0.15, 0.2) is 18.2 Å². The van der Waals surface area contributed by atoms with Gasteiger partial charge in [0.25, 0.3) is 11.8 Å². The highest BCUT2D eigenvalue weighted by Gasteiger charge is 2.33. The third-order valence-corrected chi connectivity index (χ3v) is 3.26. The van der Waals surface area contributed by atoms with Gasteiger partial charge in [-0.1, -0.05) is 0 Å². The van der Waals surface area contributed by atoms with E-state index in [0.717, 1.165) is 9.13 Å². The lowest BCUT2D eigenvalue weighted by Crippen LogP contribution is -2.32. The Bertz CT molecular complexity index is 525. The molecule has 1 heterocycles. The van der Waals surface area contributed by atoms with Gasteiger partial charge in [-0.15, -0.1) is 5.06 Å². The van der Waals surface area contributed by atoms with Crippen LogP contribution in [-0.2, 0) is 14.4 Å². The van der Waals surface area contributed by atoms with E-state index in [4.69, 9.17) is 4.84 Å².